The number of hydrogen-bond donors (Lipinski definition) is 1. The fourth-order valence-corrected chi connectivity index (χ4v) is 3.72. The molecule has 2 heterocycles. The normalized spacial score (nSPS) is 24.0. The summed E-state index contributed by atoms with van der Waals surface area (Å²) in [7, 11) is 0. The van der Waals surface area contributed by atoms with Crippen molar-refractivity contribution in [3.05, 3.63) is 35.9 Å². The number of rotatable bonds is 4. The van der Waals surface area contributed by atoms with Gasteiger partial charge in [0.15, 0.2) is 0 Å². The molecule has 2 saturated heterocycles. The standard InChI is InChI=1S/C19H27N3O2/c1-14(2)22-11-9-17(18(22)23)20-19(24)21-10-8-16(13-21)12-15-6-4-3-5-7-15/h3-7,14,16-17H,8-13H2,1-2H3,(H,20,24). The first kappa shape index (κ1) is 16.8. The van der Waals surface area contributed by atoms with Crippen LogP contribution in [0.3, 0.4) is 0 Å². The van der Waals surface area contributed by atoms with E-state index in [0.29, 0.717) is 12.3 Å². The fourth-order valence-electron chi connectivity index (χ4n) is 3.72. The molecule has 5 heteroatoms. The zero-order valence-electron chi connectivity index (χ0n) is 14.6. The van der Waals surface area contributed by atoms with Gasteiger partial charge in [-0.05, 0) is 44.6 Å². The second-order valence-electron chi connectivity index (χ2n) is 7.21. The second-order valence-corrected chi connectivity index (χ2v) is 7.21. The van der Waals surface area contributed by atoms with Crippen molar-refractivity contribution < 1.29 is 9.59 Å². The third-order valence-electron chi connectivity index (χ3n) is 5.10. The minimum Gasteiger partial charge on any atom is -0.338 e. The Balaban J connectivity index is 1.49. The SMILES string of the molecule is CC(C)N1CCC(NC(=O)N2CCC(Cc3ccccc3)C2)C1=O. The van der Waals surface area contributed by atoms with E-state index in [1.165, 1.54) is 5.56 Å². The van der Waals surface area contributed by atoms with Gasteiger partial charge in [0, 0.05) is 25.7 Å². The molecule has 2 fully saturated rings. The molecule has 5 nitrogen and oxygen atoms in total. The van der Waals surface area contributed by atoms with E-state index in [4.69, 9.17) is 0 Å². The predicted molar refractivity (Wildman–Crippen MR) is 93.6 cm³/mol. The Morgan fingerprint density at radius 2 is 1.96 bits per heavy atom. The van der Waals surface area contributed by atoms with E-state index in [2.05, 4.69) is 29.6 Å². The van der Waals surface area contributed by atoms with E-state index in [1.54, 1.807) is 0 Å². The number of nitrogens with one attached hydrogen (secondary N) is 1. The van der Waals surface area contributed by atoms with Gasteiger partial charge in [-0.15, -0.1) is 0 Å². The summed E-state index contributed by atoms with van der Waals surface area (Å²) in [6.07, 6.45) is 2.75. The van der Waals surface area contributed by atoms with Gasteiger partial charge in [-0.3, -0.25) is 4.79 Å². The molecular formula is C19H27N3O2. The third kappa shape index (κ3) is 3.71. The summed E-state index contributed by atoms with van der Waals surface area (Å²) in [5.41, 5.74) is 1.32. The number of likely N-dealkylation sites (tertiary alicyclic amines) is 2. The van der Waals surface area contributed by atoms with Gasteiger partial charge < -0.3 is 15.1 Å². The lowest BCUT2D eigenvalue weighted by Gasteiger charge is -2.23. The first-order valence-corrected chi connectivity index (χ1v) is 8.94. The largest absolute Gasteiger partial charge is 0.338 e. The van der Waals surface area contributed by atoms with Gasteiger partial charge in [-0.25, -0.2) is 4.79 Å². The van der Waals surface area contributed by atoms with Gasteiger partial charge in [0.05, 0.1) is 0 Å². The van der Waals surface area contributed by atoms with Gasteiger partial charge in [-0.2, -0.15) is 0 Å². The predicted octanol–water partition coefficient (Wildman–Crippen LogP) is 2.27. The van der Waals surface area contributed by atoms with Gasteiger partial charge in [0.1, 0.15) is 6.04 Å². The number of urea groups is 1. The van der Waals surface area contributed by atoms with Crippen molar-refractivity contribution in [1.29, 1.82) is 0 Å². The second kappa shape index (κ2) is 7.24. The molecule has 3 amide bonds. The molecule has 2 aliphatic rings. The van der Waals surface area contributed by atoms with Gasteiger partial charge >= 0.3 is 6.03 Å². The average Bonchev–Trinajstić information content (AvgIpc) is 3.16. The van der Waals surface area contributed by atoms with Crippen LogP contribution in [0.25, 0.3) is 0 Å². The van der Waals surface area contributed by atoms with E-state index in [0.717, 1.165) is 32.5 Å². The smallest absolute Gasteiger partial charge is 0.318 e. The zero-order chi connectivity index (χ0) is 17.1. The summed E-state index contributed by atoms with van der Waals surface area (Å²) in [6.45, 7) is 6.30. The molecule has 0 bridgehead atoms. The van der Waals surface area contributed by atoms with E-state index in [9.17, 15) is 9.59 Å². The van der Waals surface area contributed by atoms with Crippen LogP contribution in [-0.4, -0.2) is 53.5 Å². The summed E-state index contributed by atoms with van der Waals surface area (Å²) in [4.78, 5) is 28.5. The Kier molecular flexibility index (Phi) is 5.07. The molecule has 2 aliphatic heterocycles. The number of carbonyl (C=O) groups excluding carboxylic acids is 2. The number of hydrogen-bond acceptors (Lipinski definition) is 2. The number of amides is 3. The molecule has 24 heavy (non-hydrogen) atoms. The Morgan fingerprint density at radius 1 is 1.21 bits per heavy atom. The van der Waals surface area contributed by atoms with E-state index < -0.39 is 0 Å². The molecule has 1 aromatic rings. The highest BCUT2D eigenvalue weighted by molar-refractivity contribution is 5.88. The maximum atomic E-state index is 12.5. The van der Waals surface area contributed by atoms with Crippen LogP contribution in [0.4, 0.5) is 4.79 Å². The van der Waals surface area contributed by atoms with E-state index in [-0.39, 0.29) is 24.0 Å². The molecule has 0 aromatic heterocycles. The van der Waals surface area contributed by atoms with Crippen LogP contribution in [-0.2, 0) is 11.2 Å². The topological polar surface area (TPSA) is 52.7 Å². The Morgan fingerprint density at radius 3 is 2.62 bits per heavy atom. The van der Waals surface area contributed by atoms with Crippen molar-refractivity contribution in [2.75, 3.05) is 19.6 Å². The Hall–Kier alpha value is -2.04. The van der Waals surface area contributed by atoms with Crippen LogP contribution < -0.4 is 5.32 Å². The number of benzene rings is 1. The van der Waals surface area contributed by atoms with Crippen molar-refractivity contribution >= 4 is 11.9 Å². The van der Waals surface area contributed by atoms with Crippen LogP contribution in [0.5, 0.6) is 0 Å². The summed E-state index contributed by atoms with van der Waals surface area (Å²) in [5.74, 6) is 0.558. The number of nitrogens with zero attached hydrogens (tertiary/aromatic N) is 2. The zero-order valence-corrected chi connectivity index (χ0v) is 14.6. The molecule has 3 rings (SSSR count). The summed E-state index contributed by atoms with van der Waals surface area (Å²) < 4.78 is 0. The monoisotopic (exact) mass is 329 g/mol. The van der Waals surface area contributed by atoms with Crippen molar-refractivity contribution in [2.45, 2.75) is 45.2 Å². The van der Waals surface area contributed by atoms with Crippen LogP contribution >= 0.6 is 0 Å². The van der Waals surface area contributed by atoms with Crippen molar-refractivity contribution in [3.8, 4) is 0 Å². The van der Waals surface area contributed by atoms with Crippen molar-refractivity contribution in [1.82, 2.24) is 15.1 Å². The lowest BCUT2D eigenvalue weighted by Crippen LogP contribution is -2.48. The highest BCUT2D eigenvalue weighted by Crippen LogP contribution is 2.21. The van der Waals surface area contributed by atoms with Crippen molar-refractivity contribution in [2.24, 2.45) is 5.92 Å². The highest BCUT2D eigenvalue weighted by Gasteiger charge is 2.36. The third-order valence-corrected chi connectivity index (χ3v) is 5.10. The molecule has 0 spiro atoms. The van der Waals surface area contributed by atoms with E-state index in [1.807, 2.05) is 29.7 Å². The summed E-state index contributed by atoms with van der Waals surface area (Å²) in [5, 5.41) is 2.94. The van der Waals surface area contributed by atoms with Gasteiger partial charge in [0.25, 0.3) is 0 Å². The molecule has 1 N–H and O–H groups in total. The van der Waals surface area contributed by atoms with Crippen LogP contribution in [0, 0.1) is 5.92 Å². The van der Waals surface area contributed by atoms with E-state index >= 15 is 0 Å². The quantitative estimate of drug-likeness (QED) is 0.921. The van der Waals surface area contributed by atoms with Crippen molar-refractivity contribution in [3.63, 3.8) is 0 Å². The maximum Gasteiger partial charge on any atom is 0.318 e. The van der Waals surface area contributed by atoms with Gasteiger partial charge in [-0.1, -0.05) is 30.3 Å². The lowest BCUT2D eigenvalue weighted by atomic mass is 9.99. The molecule has 0 saturated carbocycles. The first-order valence-electron chi connectivity index (χ1n) is 8.94. The average molecular weight is 329 g/mol. The minimum atomic E-state index is -0.354. The highest BCUT2D eigenvalue weighted by atomic mass is 16.2. The Bertz CT molecular complexity index is 588. The molecular weight excluding hydrogens is 302 g/mol. The molecule has 0 aliphatic carbocycles. The molecule has 0 radical (unpaired) electrons. The lowest BCUT2D eigenvalue weighted by molar-refractivity contribution is -0.130. The Labute approximate surface area is 144 Å². The maximum absolute atomic E-state index is 12.5. The summed E-state index contributed by atoms with van der Waals surface area (Å²) >= 11 is 0. The molecule has 2 atom stereocenters. The van der Waals surface area contributed by atoms with Crippen LogP contribution in [0.1, 0.15) is 32.3 Å². The van der Waals surface area contributed by atoms with Crippen LogP contribution in [0.2, 0.25) is 0 Å². The fraction of sp³-hybridized carbons (Fsp3) is 0.579. The molecule has 2 unspecified atom stereocenters. The van der Waals surface area contributed by atoms with Gasteiger partial charge in [0.2, 0.25) is 5.91 Å². The summed E-state index contributed by atoms with van der Waals surface area (Å²) in [6, 6.07) is 10.2. The molecule has 130 valence electrons. The minimum absolute atomic E-state index is 0.0541. The number of carbonyl (C=O) groups is 2. The molecule has 1 aromatic carbocycles. The van der Waals surface area contributed by atoms with Crippen LogP contribution in [0.15, 0.2) is 30.3 Å². The first-order chi connectivity index (χ1) is 11.5.